The Balaban J connectivity index is 2.54. The monoisotopic (exact) mass is 248 g/mol. The van der Waals surface area contributed by atoms with E-state index in [4.69, 9.17) is 10.0 Å². The second-order valence-electron chi connectivity index (χ2n) is 0.415. The molecule has 0 fully saturated rings. The molecule has 0 aliphatic carbocycles. The van der Waals surface area contributed by atoms with Crippen LogP contribution in [0.4, 0.5) is 0 Å². The van der Waals surface area contributed by atoms with Crippen LogP contribution in [0.2, 0.25) is 0 Å². The Bertz CT molecular complexity index is 20.9. The molecule has 0 aromatic carbocycles. The molecule has 0 spiro atoms. The van der Waals surface area contributed by atoms with Crippen LogP contribution in [-0.2, 0) is 23.0 Å². The first-order valence-electron chi connectivity index (χ1n) is 0.906. The first kappa shape index (κ1) is 5.61. The second-order valence-corrected chi connectivity index (χ2v) is 1.06. The van der Waals surface area contributed by atoms with Crippen LogP contribution in [0, 0.1) is 0 Å². The van der Waals surface area contributed by atoms with Crippen LogP contribution in [0.25, 0.3) is 0 Å². The Kier molecular flexibility index (Phi) is 3.17. The Morgan fingerprint density at radius 1 is 1.60 bits per heavy atom. The van der Waals surface area contributed by atoms with Crippen LogP contribution < -0.4 is 0 Å². The molecule has 0 aliphatic rings. The quantitative estimate of drug-likeness (QED) is 0.551. The normalized spacial score (nSPS) is 7.80. The molecule has 0 aromatic heterocycles. The molecule has 0 amide bonds. The third-order valence-corrected chi connectivity index (χ3v) is 0.652. The van der Waals surface area contributed by atoms with Crippen molar-refractivity contribution in [1.82, 2.24) is 0 Å². The summed E-state index contributed by atoms with van der Waals surface area (Å²) < 4.78 is 3.92. The second kappa shape index (κ2) is 2.82. The van der Waals surface area contributed by atoms with Crippen LogP contribution >= 0.6 is 0 Å². The van der Waals surface area contributed by atoms with Crippen molar-refractivity contribution < 1.29 is 33.0 Å². The zero-order valence-corrected chi connectivity index (χ0v) is 4.97. The number of hydrogen-bond donors (Lipinski definition) is 2. The first-order valence-corrected chi connectivity index (χ1v) is 2.02. The van der Waals surface area contributed by atoms with Gasteiger partial charge in [0.05, 0.1) is 0 Å². The number of hydrogen-bond acceptors (Lipinski definition) is 3. The number of rotatable bonds is 1. The molecule has 3 nitrogen and oxygen atoms in total. The molecule has 0 unspecified atom stereocenters. The maximum absolute atomic E-state index is 7.71. The molecule has 0 aromatic rings. The Morgan fingerprint density at radius 2 is 1.80 bits per heavy atom. The molecule has 5 heteroatoms. The summed E-state index contributed by atoms with van der Waals surface area (Å²) in [6.45, 7) is 0. The minimum atomic E-state index is -1.59. The van der Waals surface area contributed by atoms with E-state index < -0.39 is 7.32 Å². The van der Waals surface area contributed by atoms with Crippen LogP contribution in [0.1, 0.15) is 0 Å². The van der Waals surface area contributed by atoms with Crippen molar-refractivity contribution in [2.75, 3.05) is 0 Å². The van der Waals surface area contributed by atoms with E-state index in [0.717, 1.165) is 19.6 Å². The third-order valence-electron chi connectivity index (χ3n) is 0.0797. The summed E-state index contributed by atoms with van der Waals surface area (Å²) in [5.41, 5.74) is 0. The Morgan fingerprint density at radius 3 is 1.80 bits per heavy atom. The predicted octanol–water partition coefficient (Wildman–Crippen LogP) is -1.57. The molecule has 0 atom stereocenters. The standard InChI is InChI=1S/BH2O3.Re/c2-1(3)4;/h2-3H;/q-1;+1. The zero-order valence-electron chi connectivity index (χ0n) is 2.26. The Labute approximate surface area is 41.0 Å². The maximum atomic E-state index is 7.71. The molecule has 5 heavy (non-hydrogen) atoms. The van der Waals surface area contributed by atoms with Gasteiger partial charge in [0.15, 0.2) is 0 Å². The van der Waals surface area contributed by atoms with Crippen molar-refractivity contribution in [3.8, 4) is 0 Å². The molecule has 0 saturated carbocycles. The predicted molar refractivity (Wildman–Crippen MR) is 11.3 cm³/mol. The summed E-state index contributed by atoms with van der Waals surface area (Å²) in [7, 11) is -1.59. The fourth-order valence-corrected chi connectivity index (χ4v) is 0. The molecule has 0 rings (SSSR count). The molecule has 0 heterocycles. The summed E-state index contributed by atoms with van der Waals surface area (Å²) in [6.07, 6.45) is 0. The van der Waals surface area contributed by atoms with Gasteiger partial charge < -0.3 is 0 Å². The average Bonchev–Trinajstić information content (AvgIpc) is 1.38. The van der Waals surface area contributed by atoms with Gasteiger partial charge in [0.25, 0.3) is 0 Å². The Hall–Kier alpha value is 0.607. The van der Waals surface area contributed by atoms with Gasteiger partial charge >= 0.3 is 40.3 Å². The van der Waals surface area contributed by atoms with Gasteiger partial charge in [0.2, 0.25) is 0 Å². The van der Waals surface area contributed by atoms with Crippen molar-refractivity contribution in [1.29, 1.82) is 0 Å². The van der Waals surface area contributed by atoms with E-state index in [1.165, 1.54) is 0 Å². The van der Waals surface area contributed by atoms with Gasteiger partial charge in [-0.2, -0.15) is 0 Å². The minimum absolute atomic E-state index is 0.869. The van der Waals surface area contributed by atoms with Crippen LogP contribution in [-0.4, -0.2) is 17.4 Å². The molecule has 2 N–H and O–H groups in total. The average molecular weight is 247 g/mol. The van der Waals surface area contributed by atoms with E-state index in [9.17, 15) is 0 Å². The van der Waals surface area contributed by atoms with Crippen molar-refractivity contribution in [2.45, 2.75) is 0 Å². The molecule has 0 saturated heterocycles. The van der Waals surface area contributed by atoms with Crippen LogP contribution in [0.3, 0.4) is 0 Å². The summed E-state index contributed by atoms with van der Waals surface area (Å²) in [5.74, 6) is 0. The van der Waals surface area contributed by atoms with Gasteiger partial charge in [-0.15, -0.1) is 0 Å². The SMILES string of the molecule is OB(O)[O][Re]. The van der Waals surface area contributed by atoms with Gasteiger partial charge in [-0.25, -0.2) is 0 Å². The molecule has 0 radical (unpaired) electrons. The van der Waals surface area contributed by atoms with Crippen LogP contribution in [0.15, 0.2) is 0 Å². The summed E-state index contributed by atoms with van der Waals surface area (Å²) in [6, 6.07) is 0. The topological polar surface area (TPSA) is 49.7 Å². The summed E-state index contributed by atoms with van der Waals surface area (Å²) in [5, 5.41) is 15.4. The molecule has 30 valence electrons. The van der Waals surface area contributed by atoms with Crippen molar-refractivity contribution >= 4 is 7.32 Å². The van der Waals surface area contributed by atoms with Crippen LogP contribution in [0.5, 0.6) is 0 Å². The van der Waals surface area contributed by atoms with Gasteiger partial charge in [-0.05, 0) is 0 Å². The first-order chi connectivity index (χ1) is 2.27. The fourth-order valence-electron chi connectivity index (χ4n) is 0. The van der Waals surface area contributed by atoms with Crippen molar-refractivity contribution in [2.24, 2.45) is 0 Å². The van der Waals surface area contributed by atoms with E-state index in [1.807, 2.05) is 0 Å². The van der Waals surface area contributed by atoms with Gasteiger partial charge in [-0.3, -0.25) is 0 Å². The van der Waals surface area contributed by atoms with Crippen molar-refractivity contribution in [3.05, 3.63) is 0 Å². The molecular weight excluding hydrogens is 245 g/mol. The van der Waals surface area contributed by atoms with E-state index in [0.29, 0.717) is 0 Å². The van der Waals surface area contributed by atoms with E-state index >= 15 is 0 Å². The molecule has 0 bridgehead atoms. The molecular formula is H2BO3Re. The van der Waals surface area contributed by atoms with Gasteiger partial charge in [-0.1, -0.05) is 0 Å². The van der Waals surface area contributed by atoms with E-state index in [-0.39, 0.29) is 0 Å². The van der Waals surface area contributed by atoms with E-state index in [1.54, 1.807) is 0 Å². The van der Waals surface area contributed by atoms with Gasteiger partial charge in [0, 0.05) is 0 Å². The molecule has 0 aliphatic heterocycles. The fraction of sp³-hybridized carbons (Fsp3) is 0. The summed E-state index contributed by atoms with van der Waals surface area (Å²) in [4.78, 5) is 0. The van der Waals surface area contributed by atoms with E-state index in [2.05, 4.69) is 3.38 Å². The zero-order chi connectivity index (χ0) is 4.28. The third kappa shape index (κ3) is 4.61. The van der Waals surface area contributed by atoms with Crippen molar-refractivity contribution in [3.63, 3.8) is 0 Å². The summed E-state index contributed by atoms with van der Waals surface area (Å²) >= 11 is 0.869. The van der Waals surface area contributed by atoms with Gasteiger partial charge in [0.1, 0.15) is 0 Å².